The molecule has 1 saturated heterocycles. The van der Waals surface area contributed by atoms with Crippen molar-refractivity contribution in [3.8, 4) is 5.69 Å². The molecule has 3 aromatic rings. The highest BCUT2D eigenvalue weighted by molar-refractivity contribution is 8.27. The molecule has 5 heteroatoms. The fraction of sp³-hybridized carbons (Fsp3) is 0.0476. The molecule has 4 rings (SSSR count). The number of para-hydroxylation sites is 2. The first-order valence-electron chi connectivity index (χ1n) is 8.21. The first-order chi connectivity index (χ1) is 12.6. The topological polar surface area (TPSA) is 25.2 Å². The van der Waals surface area contributed by atoms with Gasteiger partial charge in [-0.15, -0.1) is 0 Å². The Kier molecular flexibility index (Phi) is 4.49. The van der Waals surface area contributed by atoms with E-state index in [4.69, 9.17) is 12.2 Å². The monoisotopic (exact) mass is 376 g/mol. The number of thiocarbonyl (C=S) groups is 1. The summed E-state index contributed by atoms with van der Waals surface area (Å²) in [5.74, 6) is -0.0799. The third-order valence-corrected chi connectivity index (χ3v) is 5.54. The van der Waals surface area contributed by atoms with Gasteiger partial charge in [-0.2, -0.15) is 0 Å². The fourth-order valence-electron chi connectivity index (χ4n) is 2.97. The van der Waals surface area contributed by atoms with Gasteiger partial charge in [-0.05, 0) is 48.9 Å². The highest BCUT2D eigenvalue weighted by Gasteiger charge is 2.33. The predicted octanol–water partition coefficient (Wildman–Crippen LogP) is 5.19. The molecule has 0 unspecified atom stereocenters. The van der Waals surface area contributed by atoms with Crippen LogP contribution in [0.5, 0.6) is 0 Å². The Hall–Kier alpha value is -2.63. The molecule has 0 N–H and O–H groups in total. The maximum absolute atomic E-state index is 12.9. The van der Waals surface area contributed by atoms with E-state index < -0.39 is 0 Å². The van der Waals surface area contributed by atoms with Gasteiger partial charge in [0.05, 0.1) is 10.6 Å². The number of rotatable bonds is 3. The SMILES string of the molecule is Cc1ccccc1-n1cccc1/C=C1/SC(=S)N(c2ccccc2)C1=O. The lowest BCUT2D eigenvalue weighted by atomic mass is 10.2. The van der Waals surface area contributed by atoms with E-state index in [1.807, 2.05) is 66.9 Å². The molecule has 1 fully saturated rings. The van der Waals surface area contributed by atoms with Crippen LogP contribution in [0, 0.1) is 6.92 Å². The summed E-state index contributed by atoms with van der Waals surface area (Å²) < 4.78 is 2.64. The van der Waals surface area contributed by atoms with Crippen molar-refractivity contribution in [2.24, 2.45) is 0 Å². The average Bonchev–Trinajstić information content (AvgIpc) is 3.21. The summed E-state index contributed by atoms with van der Waals surface area (Å²) in [5, 5.41) is 0. The smallest absolute Gasteiger partial charge is 0.270 e. The maximum Gasteiger partial charge on any atom is 0.270 e. The summed E-state index contributed by atoms with van der Waals surface area (Å²) in [6.45, 7) is 2.08. The number of amides is 1. The second-order valence-corrected chi connectivity index (χ2v) is 7.62. The lowest BCUT2D eigenvalue weighted by Gasteiger charge is -2.14. The highest BCUT2D eigenvalue weighted by atomic mass is 32.2. The van der Waals surface area contributed by atoms with Crippen LogP contribution in [0.3, 0.4) is 0 Å². The van der Waals surface area contributed by atoms with Gasteiger partial charge in [-0.25, -0.2) is 0 Å². The molecule has 0 radical (unpaired) electrons. The molecule has 0 atom stereocenters. The van der Waals surface area contributed by atoms with Gasteiger partial charge in [0.2, 0.25) is 0 Å². The summed E-state index contributed by atoms with van der Waals surface area (Å²) in [6.07, 6.45) is 3.92. The number of aryl methyl sites for hydroxylation is 1. The first-order valence-corrected chi connectivity index (χ1v) is 9.44. The third-order valence-electron chi connectivity index (χ3n) is 4.24. The highest BCUT2D eigenvalue weighted by Crippen LogP contribution is 2.36. The van der Waals surface area contributed by atoms with Gasteiger partial charge in [0.15, 0.2) is 4.32 Å². The standard InChI is InChI=1S/C21H16N2OS2/c1-15-8-5-6-12-18(15)22-13-7-11-17(22)14-19-20(24)23(21(25)26-19)16-9-3-2-4-10-16/h2-14H,1H3/b19-14+. The zero-order valence-electron chi connectivity index (χ0n) is 14.1. The van der Waals surface area contributed by atoms with Gasteiger partial charge in [0.1, 0.15) is 0 Å². The Balaban J connectivity index is 1.71. The van der Waals surface area contributed by atoms with E-state index in [9.17, 15) is 4.79 Å². The quantitative estimate of drug-likeness (QED) is 0.464. The summed E-state index contributed by atoms with van der Waals surface area (Å²) >= 11 is 6.78. The maximum atomic E-state index is 12.9. The van der Waals surface area contributed by atoms with E-state index in [2.05, 4.69) is 23.6 Å². The molecule has 3 nitrogen and oxygen atoms in total. The molecule has 0 spiro atoms. The Labute approximate surface area is 161 Å². The van der Waals surface area contributed by atoms with Crippen molar-refractivity contribution in [3.63, 3.8) is 0 Å². The number of carbonyl (C=O) groups is 1. The molecule has 2 heterocycles. The van der Waals surface area contributed by atoms with E-state index in [1.54, 1.807) is 4.90 Å². The number of anilines is 1. The second-order valence-electron chi connectivity index (χ2n) is 5.94. The summed E-state index contributed by atoms with van der Waals surface area (Å²) in [6, 6.07) is 21.7. The van der Waals surface area contributed by atoms with Crippen LogP contribution in [-0.2, 0) is 4.79 Å². The second kappa shape index (κ2) is 6.94. The largest absolute Gasteiger partial charge is 0.317 e. The van der Waals surface area contributed by atoms with Crippen LogP contribution in [-0.4, -0.2) is 14.8 Å². The normalized spacial score (nSPS) is 15.9. The summed E-state index contributed by atoms with van der Waals surface area (Å²) in [5.41, 5.74) is 4.03. The van der Waals surface area contributed by atoms with Crippen LogP contribution in [0.25, 0.3) is 11.8 Å². The molecule has 1 amide bonds. The molecular weight excluding hydrogens is 360 g/mol. The average molecular weight is 377 g/mol. The van der Waals surface area contributed by atoms with Gasteiger partial charge < -0.3 is 4.57 Å². The Morgan fingerprint density at radius 3 is 2.46 bits per heavy atom. The van der Waals surface area contributed by atoms with Gasteiger partial charge in [0.25, 0.3) is 5.91 Å². The molecule has 26 heavy (non-hydrogen) atoms. The molecule has 0 saturated carbocycles. The van der Waals surface area contributed by atoms with E-state index in [1.165, 1.54) is 17.3 Å². The summed E-state index contributed by atoms with van der Waals surface area (Å²) in [7, 11) is 0. The molecule has 0 aliphatic carbocycles. The fourth-order valence-corrected chi connectivity index (χ4v) is 4.25. The zero-order valence-corrected chi connectivity index (χ0v) is 15.8. The van der Waals surface area contributed by atoms with Gasteiger partial charge >= 0.3 is 0 Å². The number of carbonyl (C=O) groups excluding carboxylic acids is 1. The lowest BCUT2D eigenvalue weighted by Crippen LogP contribution is -2.27. The van der Waals surface area contributed by atoms with Gasteiger partial charge in [0, 0.05) is 17.6 Å². The van der Waals surface area contributed by atoms with Crippen molar-refractivity contribution in [1.82, 2.24) is 4.57 Å². The molecule has 1 aliphatic heterocycles. The van der Waals surface area contributed by atoms with E-state index in [-0.39, 0.29) is 5.91 Å². The third kappa shape index (κ3) is 3.00. The number of benzene rings is 2. The van der Waals surface area contributed by atoms with Crippen LogP contribution < -0.4 is 4.90 Å². The Morgan fingerprint density at radius 1 is 0.962 bits per heavy atom. The van der Waals surface area contributed by atoms with Crippen molar-refractivity contribution in [2.75, 3.05) is 4.90 Å². The summed E-state index contributed by atoms with van der Waals surface area (Å²) in [4.78, 5) is 15.1. The van der Waals surface area contributed by atoms with E-state index >= 15 is 0 Å². The molecule has 1 aromatic heterocycles. The number of hydrogen-bond acceptors (Lipinski definition) is 3. The molecule has 1 aliphatic rings. The molecule has 128 valence electrons. The number of thioether (sulfide) groups is 1. The van der Waals surface area contributed by atoms with Crippen LogP contribution >= 0.6 is 24.0 Å². The molecular formula is C21H16N2OS2. The molecule has 0 bridgehead atoms. The van der Waals surface area contributed by atoms with E-state index in [0.29, 0.717) is 9.23 Å². The van der Waals surface area contributed by atoms with Crippen LogP contribution in [0.2, 0.25) is 0 Å². The van der Waals surface area contributed by atoms with Crippen LogP contribution in [0.15, 0.2) is 77.8 Å². The van der Waals surface area contributed by atoms with E-state index in [0.717, 1.165) is 17.1 Å². The van der Waals surface area contributed by atoms with Crippen molar-refractivity contribution in [2.45, 2.75) is 6.92 Å². The van der Waals surface area contributed by atoms with Crippen molar-refractivity contribution < 1.29 is 4.79 Å². The van der Waals surface area contributed by atoms with Crippen molar-refractivity contribution >= 4 is 46.0 Å². The minimum atomic E-state index is -0.0799. The van der Waals surface area contributed by atoms with Crippen molar-refractivity contribution in [1.29, 1.82) is 0 Å². The minimum Gasteiger partial charge on any atom is -0.317 e. The Morgan fingerprint density at radius 2 is 1.69 bits per heavy atom. The van der Waals surface area contributed by atoms with Crippen LogP contribution in [0.1, 0.15) is 11.3 Å². The van der Waals surface area contributed by atoms with Crippen molar-refractivity contribution in [3.05, 3.63) is 89.1 Å². The van der Waals surface area contributed by atoms with Gasteiger partial charge in [-0.3, -0.25) is 9.69 Å². The zero-order chi connectivity index (χ0) is 18.1. The first kappa shape index (κ1) is 16.8. The number of nitrogens with zero attached hydrogens (tertiary/aromatic N) is 2. The number of aromatic nitrogens is 1. The van der Waals surface area contributed by atoms with Crippen LogP contribution in [0.4, 0.5) is 5.69 Å². The minimum absolute atomic E-state index is 0.0799. The molecule has 2 aromatic carbocycles. The van der Waals surface area contributed by atoms with Gasteiger partial charge in [-0.1, -0.05) is 60.4 Å². The predicted molar refractivity (Wildman–Crippen MR) is 113 cm³/mol. The Bertz CT molecular complexity index is 1020. The lowest BCUT2D eigenvalue weighted by molar-refractivity contribution is -0.113. The number of hydrogen-bond donors (Lipinski definition) is 0.